The SMILES string of the molecule is C[C@@H](CO)C(O)CCn1cnc2c(=O)[nH]ccc21. The molecule has 0 bridgehead atoms. The zero-order valence-electron chi connectivity index (χ0n) is 10.2. The lowest BCUT2D eigenvalue weighted by molar-refractivity contribution is 0.0674. The number of fused-ring (bicyclic) bond motifs is 1. The first kappa shape index (κ1) is 12.8. The Morgan fingerprint density at radius 2 is 2.33 bits per heavy atom. The Kier molecular flexibility index (Phi) is 3.78. The molecule has 0 spiro atoms. The number of rotatable bonds is 5. The first-order chi connectivity index (χ1) is 8.63. The number of hydrogen-bond acceptors (Lipinski definition) is 4. The molecule has 2 rings (SSSR count). The molecule has 6 nitrogen and oxygen atoms in total. The van der Waals surface area contributed by atoms with Gasteiger partial charge in [-0.1, -0.05) is 6.92 Å². The normalized spacial score (nSPS) is 14.8. The van der Waals surface area contributed by atoms with E-state index in [1.807, 2.05) is 4.57 Å². The van der Waals surface area contributed by atoms with Crippen molar-refractivity contribution in [3.63, 3.8) is 0 Å². The van der Waals surface area contributed by atoms with Crippen LogP contribution in [0.15, 0.2) is 23.4 Å². The molecule has 0 aliphatic carbocycles. The summed E-state index contributed by atoms with van der Waals surface area (Å²) in [6.45, 7) is 2.32. The van der Waals surface area contributed by atoms with Crippen LogP contribution in [0, 0.1) is 5.92 Å². The molecule has 0 saturated carbocycles. The average Bonchev–Trinajstić information content (AvgIpc) is 2.79. The summed E-state index contributed by atoms with van der Waals surface area (Å²) in [5, 5.41) is 18.7. The molecule has 0 fully saturated rings. The lowest BCUT2D eigenvalue weighted by Gasteiger charge is -2.16. The van der Waals surface area contributed by atoms with Crippen molar-refractivity contribution < 1.29 is 10.2 Å². The highest BCUT2D eigenvalue weighted by molar-refractivity contribution is 5.73. The second-order valence-corrected chi connectivity index (χ2v) is 4.49. The summed E-state index contributed by atoms with van der Waals surface area (Å²) < 4.78 is 1.83. The number of H-pyrrole nitrogens is 1. The van der Waals surface area contributed by atoms with Crippen LogP contribution in [0.3, 0.4) is 0 Å². The summed E-state index contributed by atoms with van der Waals surface area (Å²) in [5.41, 5.74) is 0.945. The van der Waals surface area contributed by atoms with Crippen molar-refractivity contribution in [1.82, 2.24) is 14.5 Å². The second kappa shape index (κ2) is 5.32. The van der Waals surface area contributed by atoms with Crippen molar-refractivity contribution in [2.45, 2.75) is 26.0 Å². The number of imidazole rings is 1. The standard InChI is InChI=1S/C12H17N3O3/c1-8(6-16)10(17)3-5-15-7-14-11-9(15)2-4-13-12(11)18/h2,4,7-8,10,16-17H,3,5-6H2,1H3,(H,13,18)/t8-,10?/m0/s1. The average molecular weight is 251 g/mol. The molecule has 6 heteroatoms. The maximum atomic E-state index is 11.5. The molecule has 18 heavy (non-hydrogen) atoms. The fraction of sp³-hybridized carbons (Fsp3) is 0.500. The van der Waals surface area contributed by atoms with Crippen LogP contribution >= 0.6 is 0 Å². The molecule has 98 valence electrons. The van der Waals surface area contributed by atoms with Gasteiger partial charge in [0.05, 0.1) is 17.9 Å². The number of nitrogens with one attached hydrogen (secondary N) is 1. The predicted octanol–water partition coefficient (Wildman–Crippen LogP) is 0.104. The molecule has 1 unspecified atom stereocenters. The zero-order chi connectivity index (χ0) is 13.1. The van der Waals surface area contributed by atoms with Crippen LogP contribution in [0.2, 0.25) is 0 Å². The first-order valence-corrected chi connectivity index (χ1v) is 5.95. The van der Waals surface area contributed by atoms with Gasteiger partial charge in [-0.15, -0.1) is 0 Å². The summed E-state index contributed by atoms with van der Waals surface area (Å²) >= 11 is 0. The van der Waals surface area contributed by atoms with E-state index in [0.29, 0.717) is 18.5 Å². The van der Waals surface area contributed by atoms with Gasteiger partial charge in [0.15, 0.2) is 5.52 Å². The maximum absolute atomic E-state index is 11.5. The van der Waals surface area contributed by atoms with Gasteiger partial charge in [0, 0.05) is 25.3 Å². The second-order valence-electron chi connectivity index (χ2n) is 4.49. The quantitative estimate of drug-likeness (QED) is 0.703. The Labute approximate surface area is 104 Å². The van der Waals surface area contributed by atoms with Gasteiger partial charge >= 0.3 is 0 Å². The van der Waals surface area contributed by atoms with E-state index in [0.717, 1.165) is 5.52 Å². The van der Waals surface area contributed by atoms with E-state index in [-0.39, 0.29) is 18.1 Å². The third kappa shape index (κ3) is 2.44. The van der Waals surface area contributed by atoms with Crippen molar-refractivity contribution in [1.29, 1.82) is 0 Å². The summed E-state index contributed by atoms with van der Waals surface area (Å²) in [6.07, 6.45) is 3.13. The number of nitrogens with zero attached hydrogens (tertiary/aromatic N) is 2. The van der Waals surface area contributed by atoms with Crippen molar-refractivity contribution in [2.75, 3.05) is 6.61 Å². The molecule has 0 aromatic carbocycles. The third-order valence-corrected chi connectivity index (χ3v) is 3.16. The molecule has 3 N–H and O–H groups in total. The smallest absolute Gasteiger partial charge is 0.276 e. The van der Waals surface area contributed by atoms with Gasteiger partial charge < -0.3 is 19.8 Å². The lowest BCUT2D eigenvalue weighted by Crippen LogP contribution is -2.22. The van der Waals surface area contributed by atoms with Gasteiger partial charge in [-0.3, -0.25) is 4.79 Å². The van der Waals surface area contributed by atoms with Gasteiger partial charge in [-0.05, 0) is 12.5 Å². The fourth-order valence-electron chi connectivity index (χ4n) is 1.86. The molecule has 2 aromatic rings. The zero-order valence-corrected chi connectivity index (χ0v) is 10.2. The van der Waals surface area contributed by atoms with Crippen LogP contribution in [0.4, 0.5) is 0 Å². The summed E-state index contributed by atoms with van der Waals surface area (Å²) in [4.78, 5) is 18.1. The van der Waals surface area contributed by atoms with Crippen molar-refractivity contribution in [3.8, 4) is 0 Å². The number of aromatic nitrogens is 3. The van der Waals surface area contributed by atoms with Crippen LogP contribution in [0.1, 0.15) is 13.3 Å². The topological polar surface area (TPSA) is 91.1 Å². The number of aliphatic hydroxyl groups excluding tert-OH is 2. The largest absolute Gasteiger partial charge is 0.396 e. The first-order valence-electron chi connectivity index (χ1n) is 5.95. The number of aryl methyl sites for hydroxylation is 1. The molecule has 2 heterocycles. The van der Waals surface area contributed by atoms with Gasteiger partial charge in [0.25, 0.3) is 5.56 Å². The van der Waals surface area contributed by atoms with Crippen molar-refractivity contribution in [2.24, 2.45) is 5.92 Å². The minimum absolute atomic E-state index is 0.0362. The van der Waals surface area contributed by atoms with Gasteiger partial charge in [-0.2, -0.15) is 0 Å². The highest BCUT2D eigenvalue weighted by atomic mass is 16.3. The Balaban J connectivity index is 2.13. The minimum atomic E-state index is -0.561. The van der Waals surface area contributed by atoms with E-state index < -0.39 is 6.10 Å². The molecule has 2 aromatic heterocycles. The summed E-state index contributed by atoms with van der Waals surface area (Å²) in [5.74, 6) is -0.150. The number of hydrogen-bond donors (Lipinski definition) is 3. The van der Waals surface area contributed by atoms with Gasteiger partial charge in [0.2, 0.25) is 0 Å². The Morgan fingerprint density at radius 1 is 1.56 bits per heavy atom. The van der Waals surface area contributed by atoms with Crippen LogP contribution in [0.25, 0.3) is 11.0 Å². The predicted molar refractivity (Wildman–Crippen MR) is 67.2 cm³/mol. The molecule has 0 radical (unpaired) electrons. The van der Waals surface area contributed by atoms with E-state index in [9.17, 15) is 9.90 Å². The van der Waals surface area contributed by atoms with E-state index in [4.69, 9.17) is 5.11 Å². The number of pyridine rings is 1. The van der Waals surface area contributed by atoms with E-state index in [2.05, 4.69) is 9.97 Å². The molecular weight excluding hydrogens is 234 g/mol. The number of aliphatic hydroxyl groups is 2. The molecule has 2 atom stereocenters. The Morgan fingerprint density at radius 3 is 3.06 bits per heavy atom. The molecule has 0 saturated heterocycles. The fourth-order valence-corrected chi connectivity index (χ4v) is 1.86. The summed E-state index contributed by atoms with van der Waals surface area (Å²) in [7, 11) is 0. The van der Waals surface area contributed by atoms with E-state index in [1.54, 1.807) is 25.5 Å². The van der Waals surface area contributed by atoms with E-state index >= 15 is 0 Å². The van der Waals surface area contributed by atoms with Crippen molar-refractivity contribution >= 4 is 11.0 Å². The number of aromatic amines is 1. The highest BCUT2D eigenvalue weighted by Crippen LogP contribution is 2.11. The van der Waals surface area contributed by atoms with E-state index in [1.165, 1.54) is 0 Å². The highest BCUT2D eigenvalue weighted by Gasteiger charge is 2.14. The van der Waals surface area contributed by atoms with Crippen LogP contribution in [0.5, 0.6) is 0 Å². The third-order valence-electron chi connectivity index (χ3n) is 3.16. The Hall–Kier alpha value is -1.66. The van der Waals surface area contributed by atoms with Crippen molar-refractivity contribution in [3.05, 3.63) is 28.9 Å². The van der Waals surface area contributed by atoms with Gasteiger partial charge in [0.1, 0.15) is 0 Å². The molecule has 0 amide bonds. The monoisotopic (exact) mass is 251 g/mol. The lowest BCUT2D eigenvalue weighted by atomic mass is 10.0. The molecule has 0 aliphatic rings. The van der Waals surface area contributed by atoms with Crippen LogP contribution in [-0.4, -0.2) is 37.5 Å². The van der Waals surface area contributed by atoms with Crippen LogP contribution < -0.4 is 5.56 Å². The van der Waals surface area contributed by atoms with Gasteiger partial charge in [-0.25, -0.2) is 4.98 Å². The summed E-state index contributed by atoms with van der Waals surface area (Å²) in [6, 6.07) is 1.78. The van der Waals surface area contributed by atoms with Crippen LogP contribution in [-0.2, 0) is 6.54 Å². The maximum Gasteiger partial charge on any atom is 0.276 e. The Bertz CT molecular complexity index is 575. The molecule has 0 aliphatic heterocycles. The minimum Gasteiger partial charge on any atom is -0.396 e. The molecular formula is C12H17N3O3.